The maximum absolute atomic E-state index is 6.12. The lowest BCUT2D eigenvalue weighted by molar-refractivity contribution is 0.0102. The molecule has 1 aromatic carbocycles. The lowest BCUT2D eigenvalue weighted by Crippen LogP contribution is -2.35. The number of ether oxygens (including phenoxy) is 1. The van der Waals surface area contributed by atoms with Crippen LogP contribution in [0.2, 0.25) is 0 Å². The molecule has 0 fully saturated rings. The molecule has 0 spiro atoms. The second kappa shape index (κ2) is 5.98. The van der Waals surface area contributed by atoms with E-state index in [-0.39, 0.29) is 11.6 Å². The quantitative estimate of drug-likeness (QED) is 0.841. The average molecular weight is 333 g/mol. The van der Waals surface area contributed by atoms with E-state index in [4.69, 9.17) is 10.5 Å². The number of rotatable bonds is 5. The zero-order valence-corrected chi connectivity index (χ0v) is 12.3. The highest BCUT2D eigenvalue weighted by Gasteiger charge is 2.20. The van der Waals surface area contributed by atoms with Crippen molar-refractivity contribution in [1.29, 1.82) is 0 Å². The summed E-state index contributed by atoms with van der Waals surface area (Å²) in [6, 6.07) is 8.66. The van der Waals surface area contributed by atoms with Gasteiger partial charge in [0.1, 0.15) is 0 Å². The number of methoxy groups -OCH3 is 1. The molecule has 2 nitrogen and oxygen atoms in total. The van der Waals surface area contributed by atoms with Gasteiger partial charge in [-0.15, -0.1) is 0 Å². The Morgan fingerprint density at radius 1 is 1.31 bits per heavy atom. The molecule has 0 saturated carbocycles. The summed E-state index contributed by atoms with van der Waals surface area (Å²) in [6.45, 7) is 4.14. The normalized spacial score (nSPS) is 13.8. The Balaban J connectivity index is 2.51. The molecule has 0 aliphatic rings. The highest BCUT2D eigenvalue weighted by Crippen LogP contribution is 2.17. The van der Waals surface area contributed by atoms with Crippen LogP contribution < -0.4 is 5.73 Å². The molecule has 1 aromatic rings. The van der Waals surface area contributed by atoms with Crippen molar-refractivity contribution in [3.63, 3.8) is 0 Å². The van der Waals surface area contributed by atoms with Crippen molar-refractivity contribution in [3.8, 4) is 0 Å². The molecule has 1 atom stereocenters. The van der Waals surface area contributed by atoms with Gasteiger partial charge in [0.15, 0.2) is 0 Å². The molecule has 1 rings (SSSR count). The van der Waals surface area contributed by atoms with Crippen LogP contribution in [0.3, 0.4) is 0 Å². The van der Waals surface area contributed by atoms with Gasteiger partial charge in [-0.25, -0.2) is 0 Å². The minimum atomic E-state index is -0.136. The molecule has 0 aromatic heterocycles. The van der Waals surface area contributed by atoms with E-state index in [1.807, 2.05) is 0 Å². The molecule has 16 heavy (non-hydrogen) atoms. The molecule has 0 aliphatic heterocycles. The topological polar surface area (TPSA) is 35.2 Å². The Morgan fingerprint density at radius 2 is 1.88 bits per heavy atom. The third-order valence-electron chi connectivity index (χ3n) is 2.72. The maximum Gasteiger partial charge on any atom is 0.0637 e. The maximum atomic E-state index is 6.12. The Morgan fingerprint density at radius 3 is 2.38 bits per heavy atom. The smallest absolute Gasteiger partial charge is 0.0637 e. The van der Waals surface area contributed by atoms with Crippen LogP contribution in [0.4, 0.5) is 0 Å². The van der Waals surface area contributed by atoms with Crippen molar-refractivity contribution in [2.75, 3.05) is 7.11 Å². The molecule has 0 saturated heterocycles. The zero-order valence-electron chi connectivity index (χ0n) is 10.2. The second-order valence-electron chi connectivity index (χ2n) is 4.76. The largest absolute Gasteiger partial charge is 0.379 e. The van der Waals surface area contributed by atoms with E-state index in [1.165, 1.54) is 9.13 Å². The molecule has 1 unspecified atom stereocenters. The summed E-state index contributed by atoms with van der Waals surface area (Å²) < 4.78 is 6.64. The first-order valence-electron chi connectivity index (χ1n) is 5.48. The molecule has 0 radical (unpaired) electrons. The van der Waals surface area contributed by atoms with E-state index in [0.717, 1.165) is 12.8 Å². The molecule has 2 N–H and O–H groups in total. The van der Waals surface area contributed by atoms with Crippen LogP contribution in [-0.2, 0) is 11.2 Å². The summed E-state index contributed by atoms with van der Waals surface area (Å²) >= 11 is 2.31. The fraction of sp³-hybridized carbons (Fsp3) is 0.538. The fourth-order valence-electron chi connectivity index (χ4n) is 1.71. The van der Waals surface area contributed by atoms with Gasteiger partial charge in [-0.05, 0) is 67.0 Å². The highest BCUT2D eigenvalue weighted by molar-refractivity contribution is 14.1. The van der Waals surface area contributed by atoms with Crippen molar-refractivity contribution in [1.82, 2.24) is 0 Å². The minimum absolute atomic E-state index is 0.136. The third kappa shape index (κ3) is 4.80. The highest BCUT2D eigenvalue weighted by atomic mass is 127. The van der Waals surface area contributed by atoms with E-state index in [9.17, 15) is 0 Å². The SMILES string of the molecule is COC(C)(C)CC(N)Cc1ccc(I)cc1. The Hall–Kier alpha value is -0.130. The fourth-order valence-corrected chi connectivity index (χ4v) is 2.07. The molecular weight excluding hydrogens is 313 g/mol. The summed E-state index contributed by atoms with van der Waals surface area (Å²) in [7, 11) is 1.73. The number of nitrogens with two attached hydrogens (primary N) is 1. The van der Waals surface area contributed by atoms with Crippen LogP contribution in [0.5, 0.6) is 0 Å². The number of halogens is 1. The molecule has 90 valence electrons. The first kappa shape index (κ1) is 13.9. The van der Waals surface area contributed by atoms with Crippen molar-refractivity contribution < 1.29 is 4.74 Å². The second-order valence-corrected chi connectivity index (χ2v) is 6.00. The van der Waals surface area contributed by atoms with Gasteiger partial charge in [0.2, 0.25) is 0 Å². The van der Waals surface area contributed by atoms with Gasteiger partial charge in [-0.3, -0.25) is 0 Å². The number of hydrogen-bond acceptors (Lipinski definition) is 2. The van der Waals surface area contributed by atoms with Crippen LogP contribution in [-0.4, -0.2) is 18.8 Å². The Kier molecular flexibility index (Phi) is 5.21. The molecule has 3 heteroatoms. The predicted octanol–water partition coefficient (Wildman–Crippen LogP) is 2.98. The first-order valence-corrected chi connectivity index (χ1v) is 6.56. The van der Waals surface area contributed by atoms with E-state index >= 15 is 0 Å². The summed E-state index contributed by atoms with van der Waals surface area (Å²) in [5.41, 5.74) is 7.28. The van der Waals surface area contributed by atoms with Gasteiger partial charge < -0.3 is 10.5 Å². The number of hydrogen-bond donors (Lipinski definition) is 1. The summed E-state index contributed by atoms with van der Waals surface area (Å²) in [5.74, 6) is 0. The van der Waals surface area contributed by atoms with Gasteiger partial charge in [-0.1, -0.05) is 12.1 Å². The van der Waals surface area contributed by atoms with Crippen LogP contribution in [0.25, 0.3) is 0 Å². The summed E-state index contributed by atoms with van der Waals surface area (Å²) in [5, 5.41) is 0. The zero-order chi connectivity index (χ0) is 12.2. The van der Waals surface area contributed by atoms with E-state index in [1.54, 1.807) is 7.11 Å². The van der Waals surface area contributed by atoms with Crippen LogP contribution >= 0.6 is 22.6 Å². The lowest BCUT2D eigenvalue weighted by Gasteiger charge is -2.26. The summed E-state index contributed by atoms with van der Waals surface area (Å²) in [6.07, 6.45) is 1.78. The van der Waals surface area contributed by atoms with Crippen molar-refractivity contribution in [3.05, 3.63) is 33.4 Å². The molecule has 0 amide bonds. The van der Waals surface area contributed by atoms with E-state index in [0.29, 0.717) is 0 Å². The Bertz CT molecular complexity index is 321. The standard InChI is InChI=1S/C13H20INO/c1-13(2,16-3)9-12(15)8-10-4-6-11(14)7-5-10/h4-7,12H,8-9,15H2,1-3H3. The van der Waals surface area contributed by atoms with Crippen molar-refractivity contribution >= 4 is 22.6 Å². The van der Waals surface area contributed by atoms with Crippen molar-refractivity contribution in [2.45, 2.75) is 38.3 Å². The average Bonchev–Trinajstić information content (AvgIpc) is 2.21. The molecule has 0 aliphatic carbocycles. The van der Waals surface area contributed by atoms with Crippen LogP contribution in [0, 0.1) is 3.57 Å². The van der Waals surface area contributed by atoms with Gasteiger partial charge in [0.25, 0.3) is 0 Å². The predicted molar refractivity (Wildman–Crippen MR) is 76.5 cm³/mol. The third-order valence-corrected chi connectivity index (χ3v) is 3.44. The number of benzene rings is 1. The van der Waals surface area contributed by atoms with Gasteiger partial charge in [0, 0.05) is 16.7 Å². The minimum Gasteiger partial charge on any atom is -0.379 e. The van der Waals surface area contributed by atoms with E-state index in [2.05, 4.69) is 60.7 Å². The molecule has 0 heterocycles. The lowest BCUT2D eigenvalue weighted by atomic mass is 9.95. The Labute approximate surface area is 112 Å². The molecular formula is C13H20INO. The van der Waals surface area contributed by atoms with E-state index < -0.39 is 0 Å². The monoisotopic (exact) mass is 333 g/mol. The van der Waals surface area contributed by atoms with Gasteiger partial charge in [0.05, 0.1) is 5.60 Å². The van der Waals surface area contributed by atoms with Crippen LogP contribution in [0.15, 0.2) is 24.3 Å². The first-order chi connectivity index (χ1) is 7.43. The van der Waals surface area contributed by atoms with Gasteiger partial charge in [-0.2, -0.15) is 0 Å². The van der Waals surface area contributed by atoms with Crippen molar-refractivity contribution in [2.24, 2.45) is 5.73 Å². The van der Waals surface area contributed by atoms with Gasteiger partial charge >= 0.3 is 0 Å². The van der Waals surface area contributed by atoms with Crippen LogP contribution in [0.1, 0.15) is 25.8 Å². The molecule has 0 bridgehead atoms. The summed E-state index contributed by atoms with van der Waals surface area (Å²) in [4.78, 5) is 0.